The maximum atomic E-state index is 11.9. The predicted octanol–water partition coefficient (Wildman–Crippen LogP) is 5.12. The molecule has 0 aliphatic rings. The SMILES string of the molecule is CCOC(=O)c1cn(C(C)CO[Si](C(C)C)(C(C)C)C(C)C)c(C)n1. The smallest absolute Gasteiger partial charge is 0.358 e. The summed E-state index contributed by atoms with van der Waals surface area (Å²) in [6, 6.07) is 0.124. The molecule has 1 unspecified atom stereocenters. The number of esters is 1. The highest BCUT2D eigenvalue weighted by atomic mass is 28.4. The summed E-state index contributed by atoms with van der Waals surface area (Å²) in [5, 5.41) is 0. The number of ether oxygens (including phenoxy) is 1. The molecule has 5 nitrogen and oxygen atoms in total. The van der Waals surface area contributed by atoms with Gasteiger partial charge in [0, 0.05) is 6.20 Å². The zero-order chi connectivity index (χ0) is 19.4. The topological polar surface area (TPSA) is 53.4 Å². The molecule has 1 heterocycles. The minimum absolute atomic E-state index is 0.124. The van der Waals surface area contributed by atoms with Gasteiger partial charge in [-0.15, -0.1) is 0 Å². The highest BCUT2D eigenvalue weighted by Crippen LogP contribution is 2.42. The lowest BCUT2D eigenvalue weighted by molar-refractivity contribution is 0.0519. The van der Waals surface area contributed by atoms with Crippen LogP contribution in [0.4, 0.5) is 0 Å². The summed E-state index contributed by atoms with van der Waals surface area (Å²) in [6.45, 7) is 20.6. The number of imidazole rings is 1. The number of hydrogen-bond donors (Lipinski definition) is 0. The molecule has 0 saturated heterocycles. The molecule has 0 spiro atoms. The molecular weight excluding hydrogens is 332 g/mol. The summed E-state index contributed by atoms with van der Waals surface area (Å²) in [4.78, 5) is 16.2. The second kappa shape index (κ2) is 8.99. The molecular formula is C19H36N2O3Si. The van der Waals surface area contributed by atoms with Gasteiger partial charge in [0.1, 0.15) is 5.82 Å². The van der Waals surface area contributed by atoms with Gasteiger partial charge < -0.3 is 13.7 Å². The molecule has 0 amide bonds. The van der Waals surface area contributed by atoms with Crippen molar-refractivity contribution < 1.29 is 14.0 Å². The predicted molar refractivity (Wildman–Crippen MR) is 105 cm³/mol. The highest BCUT2D eigenvalue weighted by molar-refractivity contribution is 6.77. The van der Waals surface area contributed by atoms with Crippen molar-refractivity contribution in [3.05, 3.63) is 17.7 Å². The van der Waals surface area contributed by atoms with Crippen LogP contribution in [-0.2, 0) is 9.16 Å². The van der Waals surface area contributed by atoms with Crippen molar-refractivity contribution in [1.29, 1.82) is 0 Å². The second-order valence-electron chi connectivity index (χ2n) is 7.78. The van der Waals surface area contributed by atoms with Gasteiger partial charge in [-0.05, 0) is 37.4 Å². The van der Waals surface area contributed by atoms with Crippen molar-refractivity contribution in [2.24, 2.45) is 0 Å². The molecule has 0 N–H and O–H groups in total. The number of aromatic nitrogens is 2. The summed E-state index contributed by atoms with van der Waals surface area (Å²) in [5.41, 5.74) is 2.03. The number of carbonyl (C=O) groups excluding carboxylic acids is 1. The lowest BCUT2D eigenvalue weighted by Crippen LogP contribution is -2.48. The van der Waals surface area contributed by atoms with Crippen molar-refractivity contribution in [1.82, 2.24) is 9.55 Å². The number of nitrogens with zero attached hydrogens (tertiary/aromatic N) is 2. The maximum Gasteiger partial charge on any atom is 0.358 e. The molecule has 1 rings (SSSR count). The van der Waals surface area contributed by atoms with E-state index in [2.05, 4.69) is 53.5 Å². The number of rotatable bonds is 9. The standard InChI is InChI=1S/C19H36N2O3Si/c1-10-23-19(22)18-11-21(17(9)20-18)16(8)12-24-25(13(2)3,14(4)5)15(6)7/h11,13-16H,10,12H2,1-9H3. The first kappa shape index (κ1) is 21.9. The Morgan fingerprint density at radius 2 is 1.64 bits per heavy atom. The molecule has 0 radical (unpaired) electrons. The summed E-state index contributed by atoms with van der Waals surface area (Å²) in [5.74, 6) is 0.442. The van der Waals surface area contributed by atoms with Crippen LogP contribution in [0.5, 0.6) is 0 Å². The van der Waals surface area contributed by atoms with Crippen molar-refractivity contribution in [3.8, 4) is 0 Å². The molecule has 1 aromatic rings. The average Bonchev–Trinajstić information content (AvgIpc) is 2.89. The van der Waals surface area contributed by atoms with Crippen molar-refractivity contribution in [2.45, 2.75) is 85.0 Å². The molecule has 144 valence electrons. The van der Waals surface area contributed by atoms with Crippen molar-refractivity contribution in [3.63, 3.8) is 0 Å². The summed E-state index contributed by atoms with van der Waals surface area (Å²) in [6.07, 6.45) is 1.78. The van der Waals surface area contributed by atoms with E-state index >= 15 is 0 Å². The van der Waals surface area contributed by atoms with Crippen LogP contribution in [0.25, 0.3) is 0 Å². The van der Waals surface area contributed by atoms with Crippen molar-refractivity contribution >= 4 is 14.3 Å². The fourth-order valence-corrected chi connectivity index (χ4v) is 9.61. The van der Waals surface area contributed by atoms with E-state index in [4.69, 9.17) is 9.16 Å². The third-order valence-electron chi connectivity index (χ3n) is 5.16. The first-order chi connectivity index (χ1) is 11.6. The number of aryl methyl sites for hydroxylation is 1. The van der Waals surface area contributed by atoms with Gasteiger partial charge >= 0.3 is 5.97 Å². The molecule has 1 aromatic heterocycles. The molecule has 25 heavy (non-hydrogen) atoms. The van der Waals surface area contributed by atoms with E-state index in [1.807, 2.05) is 11.5 Å². The summed E-state index contributed by atoms with van der Waals surface area (Å²) in [7, 11) is -1.89. The molecule has 0 aromatic carbocycles. The van der Waals surface area contributed by atoms with Crippen LogP contribution in [0, 0.1) is 6.92 Å². The van der Waals surface area contributed by atoms with E-state index in [9.17, 15) is 4.79 Å². The number of carbonyl (C=O) groups is 1. The van der Waals surface area contributed by atoms with Crippen LogP contribution >= 0.6 is 0 Å². The minimum Gasteiger partial charge on any atom is -0.461 e. The third kappa shape index (κ3) is 4.73. The molecule has 0 aliphatic carbocycles. The minimum atomic E-state index is -1.89. The zero-order valence-corrected chi connectivity index (χ0v) is 18.4. The Morgan fingerprint density at radius 3 is 2.08 bits per heavy atom. The van der Waals surface area contributed by atoms with Crippen LogP contribution in [0.3, 0.4) is 0 Å². The first-order valence-corrected chi connectivity index (χ1v) is 11.6. The average molecular weight is 369 g/mol. The molecule has 6 heteroatoms. The fraction of sp³-hybridized carbons (Fsp3) is 0.789. The highest BCUT2D eigenvalue weighted by Gasteiger charge is 2.45. The second-order valence-corrected chi connectivity index (χ2v) is 13.2. The van der Waals surface area contributed by atoms with E-state index in [0.717, 1.165) is 5.82 Å². The Labute approximate surface area is 154 Å². The summed E-state index contributed by atoms with van der Waals surface area (Å²) < 4.78 is 13.7. The third-order valence-corrected chi connectivity index (χ3v) is 11.2. The summed E-state index contributed by atoms with van der Waals surface area (Å²) >= 11 is 0. The van der Waals surface area contributed by atoms with E-state index in [1.54, 1.807) is 13.1 Å². The van der Waals surface area contributed by atoms with E-state index < -0.39 is 8.32 Å². The van der Waals surface area contributed by atoms with Crippen LogP contribution < -0.4 is 0 Å². The lowest BCUT2D eigenvalue weighted by atomic mass is 10.3. The Kier molecular flexibility index (Phi) is 7.87. The normalized spacial score (nSPS) is 13.8. The van der Waals surface area contributed by atoms with Crippen LogP contribution in [0.2, 0.25) is 16.6 Å². The molecule has 0 aliphatic heterocycles. The van der Waals surface area contributed by atoms with E-state index in [0.29, 0.717) is 35.5 Å². The Morgan fingerprint density at radius 1 is 1.12 bits per heavy atom. The molecule has 1 atom stereocenters. The zero-order valence-electron chi connectivity index (χ0n) is 17.4. The van der Waals surface area contributed by atoms with Gasteiger partial charge in [0.25, 0.3) is 0 Å². The Hall–Kier alpha value is -1.14. The molecule has 0 fully saturated rings. The van der Waals surface area contributed by atoms with Gasteiger partial charge in [-0.3, -0.25) is 0 Å². The van der Waals surface area contributed by atoms with Gasteiger partial charge in [-0.25, -0.2) is 9.78 Å². The van der Waals surface area contributed by atoms with Crippen LogP contribution in [-0.4, -0.2) is 37.1 Å². The van der Waals surface area contributed by atoms with E-state index in [-0.39, 0.29) is 12.0 Å². The van der Waals surface area contributed by atoms with Crippen LogP contribution in [0.15, 0.2) is 6.20 Å². The first-order valence-electron chi connectivity index (χ1n) is 9.44. The molecule has 0 bridgehead atoms. The van der Waals surface area contributed by atoms with Gasteiger partial charge in [0.2, 0.25) is 0 Å². The largest absolute Gasteiger partial charge is 0.461 e. The molecule has 0 saturated carbocycles. The monoisotopic (exact) mass is 368 g/mol. The maximum absolute atomic E-state index is 11.9. The van der Waals surface area contributed by atoms with Gasteiger partial charge in [-0.1, -0.05) is 41.5 Å². The lowest BCUT2D eigenvalue weighted by Gasteiger charge is -2.42. The Balaban J connectivity index is 2.95. The van der Waals surface area contributed by atoms with Crippen LogP contribution in [0.1, 0.15) is 77.7 Å². The van der Waals surface area contributed by atoms with Gasteiger partial charge in [0.05, 0.1) is 19.3 Å². The van der Waals surface area contributed by atoms with Gasteiger partial charge in [0.15, 0.2) is 14.0 Å². The Bertz CT molecular complexity index is 545. The van der Waals surface area contributed by atoms with Gasteiger partial charge in [-0.2, -0.15) is 0 Å². The van der Waals surface area contributed by atoms with Crippen molar-refractivity contribution in [2.75, 3.05) is 13.2 Å². The number of hydrogen-bond acceptors (Lipinski definition) is 4. The quantitative estimate of drug-likeness (QED) is 0.448. The fourth-order valence-electron chi connectivity index (χ4n) is 4.08. The van der Waals surface area contributed by atoms with E-state index in [1.165, 1.54) is 0 Å².